The average Bonchev–Trinajstić information content (AvgIpc) is 3.62. The number of hydrogen-bond donors (Lipinski definition) is 0. The molecule has 0 saturated heterocycles. The summed E-state index contributed by atoms with van der Waals surface area (Å²) in [6.45, 7) is 9.86. The van der Waals surface area contributed by atoms with Crippen molar-refractivity contribution < 1.29 is 0 Å². The number of nitrogens with zero attached hydrogens (tertiary/aromatic N) is 2. The van der Waals surface area contributed by atoms with Crippen molar-refractivity contribution in [3.8, 4) is 33.4 Å². The van der Waals surface area contributed by atoms with Crippen molar-refractivity contribution in [3.05, 3.63) is 242 Å². The summed E-state index contributed by atoms with van der Waals surface area (Å²) in [5.41, 5.74) is 17.3. The lowest BCUT2D eigenvalue weighted by Gasteiger charge is -2.36. The van der Waals surface area contributed by atoms with Crippen LogP contribution in [-0.4, -0.2) is 8.07 Å². The maximum absolute atomic E-state index is 2.56. The Labute approximate surface area is 400 Å². The van der Waals surface area contributed by atoms with Gasteiger partial charge in [0.25, 0.3) is 0 Å². The summed E-state index contributed by atoms with van der Waals surface area (Å²) in [5, 5.41) is 10.7. The van der Waals surface area contributed by atoms with Gasteiger partial charge in [-0.2, -0.15) is 0 Å². The molecule has 2 aliphatic rings. The van der Waals surface area contributed by atoms with Crippen molar-refractivity contribution in [1.82, 2.24) is 0 Å². The molecule has 0 bridgehead atoms. The normalized spacial score (nSPS) is 13.8. The Hall–Kier alpha value is -7.98. The third kappa shape index (κ3) is 6.02. The van der Waals surface area contributed by atoms with E-state index in [0.29, 0.717) is 0 Å². The van der Waals surface area contributed by atoms with Gasteiger partial charge >= 0.3 is 0 Å². The first-order valence-corrected chi connectivity index (χ1v) is 26.9. The van der Waals surface area contributed by atoms with Gasteiger partial charge in [-0.15, -0.1) is 0 Å². The molecule has 1 aliphatic heterocycles. The fourth-order valence-electron chi connectivity index (χ4n) is 11.9. The summed E-state index contributed by atoms with van der Waals surface area (Å²) in [6.07, 6.45) is 0. The van der Waals surface area contributed by atoms with Gasteiger partial charge in [0, 0.05) is 39.1 Å². The van der Waals surface area contributed by atoms with Gasteiger partial charge in [-0.05, 0) is 143 Å². The second-order valence-electron chi connectivity index (χ2n) is 19.7. The van der Waals surface area contributed by atoms with Crippen LogP contribution in [0.4, 0.5) is 34.1 Å². The first-order chi connectivity index (χ1) is 33.3. The molecule has 0 amide bonds. The summed E-state index contributed by atoms with van der Waals surface area (Å²) in [6, 6.07) is 86.1. The second-order valence-corrected chi connectivity index (χ2v) is 24.0. The van der Waals surface area contributed by atoms with Crippen LogP contribution in [0.2, 0.25) is 13.1 Å². The van der Waals surface area contributed by atoms with E-state index < -0.39 is 8.07 Å². The Bertz CT molecular complexity index is 3760. The third-order valence-corrected chi connectivity index (χ3v) is 18.7. The molecule has 0 fully saturated rings. The lowest BCUT2D eigenvalue weighted by molar-refractivity contribution is 0.660. The Kier molecular flexibility index (Phi) is 9.06. The lowest BCUT2D eigenvalue weighted by atomic mass is 9.82. The third-order valence-electron chi connectivity index (χ3n) is 15.2. The molecule has 0 atom stereocenters. The van der Waals surface area contributed by atoms with Crippen LogP contribution in [0.5, 0.6) is 0 Å². The van der Waals surface area contributed by atoms with Crippen molar-refractivity contribution in [2.24, 2.45) is 0 Å². The van der Waals surface area contributed by atoms with E-state index in [-0.39, 0.29) is 5.41 Å². The predicted molar refractivity (Wildman–Crippen MR) is 294 cm³/mol. The summed E-state index contributed by atoms with van der Waals surface area (Å²) in [7, 11) is -2.26. The number of benzene rings is 11. The SMILES string of the molecule is CC1(C)c2ccccc2-c2ccc(N(c3ccccc3-c3ccccc3)c3cc4c5cccc6c5c(cc4c4ccccc34)-c3ccc(N(c4ccccc4)c4ccccc4)cc3[Si]6(C)C)cc21. The van der Waals surface area contributed by atoms with Crippen LogP contribution in [-0.2, 0) is 5.41 Å². The molecule has 0 spiro atoms. The van der Waals surface area contributed by atoms with Gasteiger partial charge in [0.15, 0.2) is 0 Å². The van der Waals surface area contributed by atoms with E-state index in [4.69, 9.17) is 0 Å². The largest absolute Gasteiger partial charge is 0.311 e. The van der Waals surface area contributed by atoms with Gasteiger partial charge in [0.1, 0.15) is 8.07 Å². The number of anilines is 6. The maximum Gasteiger partial charge on any atom is 0.113 e. The maximum atomic E-state index is 2.56. The van der Waals surface area contributed by atoms with Crippen LogP contribution in [0.1, 0.15) is 25.0 Å². The molecule has 324 valence electrons. The van der Waals surface area contributed by atoms with Crippen LogP contribution in [0.15, 0.2) is 231 Å². The van der Waals surface area contributed by atoms with Gasteiger partial charge < -0.3 is 9.80 Å². The predicted octanol–water partition coefficient (Wildman–Crippen LogP) is 16.9. The van der Waals surface area contributed by atoms with Gasteiger partial charge in [-0.25, -0.2) is 0 Å². The topological polar surface area (TPSA) is 6.48 Å². The fourth-order valence-corrected chi connectivity index (χ4v) is 15.0. The zero-order valence-corrected chi connectivity index (χ0v) is 39.8. The zero-order chi connectivity index (χ0) is 45.7. The molecule has 13 rings (SSSR count). The minimum absolute atomic E-state index is 0.149. The molecular formula is C65H50N2Si. The Morgan fingerprint density at radius 3 is 1.62 bits per heavy atom. The lowest BCUT2D eigenvalue weighted by Crippen LogP contribution is -2.56. The number of rotatable bonds is 7. The van der Waals surface area contributed by atoms with Crippen molar-refractivity contribution in [3.63, 3.8) is 0 Å². The van der Waals surface area contributed by atoms with E-state index in [1.807, 2.05) is 0 Å². The highest BCUT2D eigenvalue weighted by molar-refractivity contribution is 7.03. The van der Waals surface area contributed by atoms with E-state index >= 15 is 0 Å². The highest BCUT2D eigenvalue weighted by Crippen LogP contribution is 2.53. The highest BCUT2D eigenvalue weighted by Gasteiger charge is 2.38. The van der Waals surface area contributed by atoms with Crippen molar-refractivity contribution in [2.75, 3.05) is 9.80 Å². The van der Waals surface area contributed by atoms with Crippen molar-refractivity contribution >= 4 is 84.9 Å². The van der Waals surface area contributed by atoms with Gasteiger partial charge in [0.05, 0.1) is 11.4 Å². The van der Waals surface area contributed by atoms with Crippen molar-refractivity contribution in [1.29, 1.82) is 0 Å². The van der Waals surface area contributed by atoms with Gasteiger partial charge in [0.2, 0.25) is 0 Å². The van der Waals surface area contributed by atoms with Gasteiger partial charge in [-0.3, -0.25) is 0 Å². The number of para-hydroxylation sites is 3. The zero-order valence-electron chi connectivity index (χ0n) is 38.8. The van der Waals surface area contributed by atoms with Gasteiger partial charge in [-0.1, -0.05) is 191 Å². The molecule has 11 aromatic rings. The number of fused-ring (bicyclic) bond motifs is 9. The minimum atomic E-state index is -2.26. The van der Waals surface area contributed by atoms with Crippen LogP contribution < -0.4 is 20.2 Å². The summed E-state index contributed by atoms with van der Waals surface area (Å²) in [4.78, 5) is 4.96. The quantitative estimate of drug-likeness (QED) is 0.116. The van der Waals surface area contributed by atoms with E-state index in [2.05, 4.69) is 267 Å². The molecule has 0 saturated carbocycles. The first-order valence-electron chi connectivity index (χ1n) is 23.9. The molecule has 11 aromatic carbocycles. The van der Waals surface area contributed by atoms with Crippen LogP contribution in [0.3, 0.4) is 0 Å². The molecule has 1 aliphatic carbocycles. The first kappa shape index (κ1) is 40.3. The molecule has 0 radical (unpaired) electrons. The fraction of sp³-hybridized carbons (Fsp3) is 0.0769. The smallest absolute Gasteiger partial charge is 0.113 e. The molecule has 0 N–H and O–H groups in total. The highest BCUT2D eigenvalue weighted by atomic mass is 28.3. The second kappa shape index (κ2) is 15.3. The van der Waals surface area contributed by atoms with Crippen LogP contribution in [0, 0.1) is 0 Å². The Balaban J connectivity index is 1.07. The summed E-state index contributed by atoms with van der Waals surface area (Å²) < 4.78 is 0. The molecule has 3 heteroatoms. The standard InChI is InChI=1S/C65H50N2Si/c1-65(2)58-32-18-16-29-50(58)51-37-35-46(39-59(51)65)67(60-33-19-17-27-48(60)43-21-8-5-9-22-43)61-42-56-54-31-20-34-62-64(54)57(41-55(56)49-28-14-15-30-52(49)61)53-38-36-47(40-63(53)68(62,3)4)66(44-23-10-6-11-24-44)45-25-12-7-13-26-45/h5-42H,1-4H3. The number of hydrogen-bond acceptors (Lipinski definition) is 2. The monoisotopic (exact) mass is 886 g/mol. The molecule has 68 heavy (non-hydrogen) atoms. The van der Waals surface area contributed by atoms with Crippen molar-refractivity contribution in [2.45, 2.75) is 32.4 Å². The molecule has 0 unspecified atom stereocenters. The van der Waals surface area contributed by atoms with E-state index in [9.17, 15) is 0 Å². The molecule has 2 nitrogen and oxygen atoms in total. The van der Waals surface area contributed by atoms with E-state index in [0.717, 1.165) is 22.7 Å². The van der Waals surface area contributed by atoms with Crippen LogP contribution in [0.25, 0.3) is 65.7 Å². The summed E-state index contributed by atoms with van der Waals surface area (Å²) in [5.74, 6) is 0. The van der Waals surface area contributed by atoms with Crippen LogP contribution >= 0.6 is 0 Å². The Morgan fingerprint density at radius 2 is 0.882 bits per heavy atom. The molecule has 0 aromatic heterocycles. The Morgan fingerprint density at radius 1 is 0.324 bits per heavy atom. The molecule has 1 heterocycles. The average molecular weight is 887 g/mol. The minimum Gasteiger partial charge on any atom is -0.311 e. The molecular weight excluding hydrogens is 837 g/mol. The summed E-state index contributed by atoms with van der Waals surface area (Å²) >= 11 is 0. The van der Waals surface area contributed by atoms with E-state index in [1.54, 1.807) is 0 Å². The van der Waals surface area contributed by atoms with E-state index in [1.165, 1.54) is 98.6 Å².